The van der Waals surface area contributed by atoms with Crippen LogP contribution in [0.5, 0.6) is 11.5 Å². The highest BCUT2D eigenvalue weighted by molar-refractivity contribution is 7.99. The summed E-state index contributed by atoms with van der Waals surface area (Å²) in [4.78, 5) is 1.27. The van der Waals surface area contributed by atoms with Gasteiger partial charge in [0.2, 0.25) is 0 Å². The molecule has 2 aliphatic heterocycles. The van der Waals surface area contributed by atoms with Gasteiger partial charge in [0.15, 0.2) is 0 Å². The molecule has 1 N–H and O–H groups in total. The fourth-order valence-corrected chi connectivity index (χ4v) is 4.43. The third kappa shape index (κ3) is 1.88. The lowest BCUT2D eigenvalue weighted by molar-refractivity contribution is 0.339. The van der Waals surface area contributed by atoms with Crippen molar-refractivity contribution in [2.75, 3.05) is 33.1 Å². The third-order valence-electron chi connectivity index (χ3n) is 4.03. The van der Waals surface area contributed by atoms with E-state index in [2.05, 4.69) is 5.32 Å². The molecule has 1 spiro atoms. The Hall–Kier alpha value is -0.870. The molecule has 1 aromatic rings. The molecule has 0 radical (unpaired) electrons. The minimum Gasteiger partial charge on any atom is -0.496 e. The second-order valence-corrected chi connectivity index (χ2v) is 6.16. The monoisotopic (exact) mass is 265 g/mol. The third-order valence-corrected chi connectivity index (χ3v) is 5.52. The van der Waals surface area contributed by atoms with Gasteiger partial charge in [0, 0.05) is 17.9 Å². The molecule has 98 valence electrons. The van der Waals surface area contributed by atoms with E-state index < -0.39 is 0 Å². The zero-order chi connectivity index (χ0) is 12.6. The van der Waals surface area contributed by atoms with Crippen molar-refractivity contribution in [1.29, 1.82) is 0 Å². The fraction of sp³-hybridized carbons (Fsp3) is 0.571. The van der Waals surface area contributed by atoms with E-state index in [4.69, 9.17) is 9.47 Å². The van der Waals surface area contributed by atoms with Crippen molar-refractivity contribution in [3.05, 3.63) is 17.7 Å². The predicted octanol–water partition coefficient (Wildman–Crippen LogP) is 2.33. The maximum Gasteiger partial charge on any atom is 0.132 e. The summed E-state index contributed by atoms with van der Waals surface area (Å²) in [6.45, 7) is 2.27. The van der Waals surface area contributed by atoms with Crippen molar-refractivity contribution < 1.29 is 9.47 Å². The lowest BCUT2D eigenvalue weighted by Crippen LogP contribution is -2.32. The van der Waals surface area contributed by atoms with Gasteiger partial charge in [-0.15, -0.1) is 11.8 Å². The number of methoxy groups -OCH3 is 2. The molecule has 18 heavy (non-hydrogen) atoms. The topological polar surface area (TPSA) is 30.5 Å². The van der Waals surface area contributed by atoms with Crippen LogP contribution < -0.4 is 14.8 Å². The molecule has 2 aliphatic rings. The second kappa shape index (κ2) is 4.67. The molecule has 1 fully saturated rings. The summed E-state index contributed by atoms with van der Waals surface area (Å²) < 4.78 is 11.0. The summed E-state index contributed by atoms with van der Waals surface area (Å²) in [5, 5.41) is 3.49. The molecule has 0 saturated carbocycles. The van der Waals surface area contributed by atoms with Crippen LogP contribution in [0, 0.1) is 5.41 Å². The first-order valence-electron chi connectivity index (χ1n) is 6.35. The molecule has 1 aromatic carbocycles. The summed E-state index contributed by atoms with van der Waals surface area (Å²) in [5.74, 6) is 3.16. The largest absolute Gasteiger partial charge is 0.496 e. The van der Waals surface area contributed by atoms with Crippen molar-refractivity contribution in [2.24, 2.45) is 5.41 Å². The van der Waals surface area contributed by atoms with Crippen LogP contribution in [-0.2, 0) is 6.42 Å². The Labute approximate surface area is 112 Å². The highest BCUT2D eigenvalue weighted by atomic mass is 32.2. The summed E-state index contributed by atoms with van der Waals surface area (Å²) in [6.07, 6.45) is 2.36. The first kappa shape index (κ1) is 12.2. The molecule has 0 amide bonds. The van der Waals surface area contributed by atoms with E-state index in [9.17, 15) is 0 Å². The molecule has 3 rings (SSSR count). The Bertz CT molecular complexity index is 455. The molecular weight excluding hydrogens is 246 g/mol. The van der Waals surface area contributed by atoms with Gasteiger partial charge in [-0.3, -0.25) is 0 Å². The quantitative estimate of drug-likeness (QED) is 0.889. The number of hydrogen-bond donors (Lipinski definition) is 1. The number of nitrogens with one attached hydrogen (secondary N) is 1. The van der Waals surface area contributed by atoms with Crippen LogP contribution in [0.15, 0.2) is 17.0 Å². The molecule has 4 heteroatoms. The number of benzene rings is 1. The van der Waals surface area contributed by atoms with Crippen molar-refractivity contribution in [1.82, 2.24) is 5.32 Å². The van der Waals surface area contributed by atoms with Crippen LogP contribution in [0.25, 0.3) is 0 Å². The van der Waals surface area contributed by atoms with Crippen LogP contribution in [-0.4, -0.2) is 33.1 Å². The average Bonchev–Trinajstić information content (AvgIpc) is 2.85. The van der Waals surface area contributed by atoms with Gasteiger partial charge < -0.3 is 14.8 Å². The maximum absolute atomic E-state index is 5.53. The zero-order valence-electron chi connectivity index (χ0n) is 10.9. The highest BCUT2D eigenvalue weighted by Gasteiger charge is 2.39. The first-order valence-corrected chi connectivity index (χ1v) is 7.34. The number of hydrogen-bond acceptors (Lipinski definition) is 4. The first-order chi connectivity index (χ1) is 8.78. The molecule has 1 saturated heterocycles. The van der Waals surface area contributed by atoms with Crippen molar-refractivity contribution >= 4 is 11.8 Å². The summed E-state index contributed by atoms with van der Waals surface area (Å²) in [5.41, 5.74) is 1.74. The fourth-order valence-electron chi connectivity index (χ4n) is 2.99. The van der Waals surface area contributed by atoms with Crippen LogP contribution in [0.4, 0.5) is 0 Å². The lowest BCUT2D eigenvalue weighted by Gasteiger charge is -2.34. The van der Waals surface area contributed by atoms with Gasteiger partial charge in [0.25, 0.3) is 0 Å². The Balaban J connectivity index is 2.02. The van der Waals surface area contributed by atoms with Crippen LogP contribution >= 0.6 is 11.8 Å². The highest BCUT2D eigenvalue weighted by Crippen LogP contribution is 2.49. The van der Waals surface area contributed by atoms with E-state index in [-0.39, 0.29) is 0 Å². The molecule has 1 atom stereocenters. The molecule has 0 bridgehead atoms. The Morgan fingerprint density at radius 3 is 2.67 bits per heavy atom. The van der Waals surface area contributed by atoms with Gasteiger partial charge in [0.1, 0.15) is 11.5 Å². The van der Waals surface area contributed by atoms with Gasteiger partial charge in [0.05, 0.1) is 19.1 Å². The van der Waals surface area contributed by atoms with Gasteiger partial charge in [-0.2, -0.15) is 0 Å². The number of ether oxygens (including phenoxy) is 2. The normalized spacial score (nSPS) is 26.1. The zero-order valence-corrected chi connectivity index (χ0v) is 11.7. The van der Waals surface area contributed by atoms with Gasteiger partial charge in [-0.25, -0.2) is 0 Å². The number of fused-ring (bicyclic) bond motifs is 1. The van der Waals surface area contributed by atoms with E-state index in [1.807, 2.05) is 23.9 Å². The van der Waals surface area contributed by atoms with Crippen LogP contribution in [0.3, 0.4) is 0 Å². The summed E-state index contributed by atoms with van der Waals surface area (Å²) >= 11 is 1.92. The minimum atomic E-state index is 0.414. The van der Waals surface area contributed by atoms with E-state index in [1.165, 1.54) is 22.6 Å². The smallest absolute Gasteiger partial charge is 0.132 e. The summed E-state index contributed by atoms with van der Waals surface area (Å²) in [6, 6.07) is 4.04. The van der Waals surface area contributed by atoms with Gasteiger partial charge in [-0.05, 0) is 36.9 Å². The van der Waals surface area contributed by atoms with E-state index >= 15 is 0 Å². The Morgan fingerprint density at radius 1 is 1.22 bits per heavy atom. The SMILES string of the molecule is COc1ccc(OC)c2c1CC1(CCNC1)CS2. The molecule has 0 aromatic heterocycles. The molecular formula is C14H19NO2S. The standard InChI is InChI=1S/C14H19NO2S/c1-16-11-3-4-12(17-2)13-10(11)7-14(9-18-13)5-6-15-8-14/h3-4,15H,5-9H2,1-2H3. The van der Waals surface area contributed by atoms with Crippen molar-refractivity contribution in [2.45, 2.75) is 17.7 Å². The molecule has 1 unspecified atom stereocenters. The summed E-state index contributed by atoms with van der Waals surface area (Å²) in [7, 11) is 3.49. The lowest BCUT2D eigenvalue weighted by atomic mass is 9.82. The Morgan fingerprint density at radius 2 is 2.00 bits per heavy atom. The van der Waals surface area contributed by atoms with Crippen molar-refractivity contribution in [3.63, 3.8) is 0 Å². The van der Waals surface area contributed by atoms with Crippen LogP contribution in [0.1, 0.15) is 12.0 Å². The minimum absolute atomic E-state index is 0.414. The molecule has 0 aliphatic carbocycles. The average molecular weight is 265 g/mol. The predicted molar refractivity (Wildman–Crippen MR) is 73.9 cm³/mol. The second-order valence-electron chi connectivity index (χ2n) is 5.17. The van der Waals surface area contributed by atoms with E-state index in [0.29, 0.717) is 5.41 Å². The maximum atomic E-state index is 5.53. The molecule has 2 heterocycles. The van der Waals surface area contributed by atoms with Crippen molar-refractivity contribution in [3.8, 4) is 11.5 Å². The van der Waals surface area contributed by atoms with Gasteiger partial charge >= 0.3 is 0 Å². The van der Waals surface area contributed by atoms with E-state index in [0.717, 1.165) is 31.0 Å². The van der Waals surface area contributed by atoms with Gasteiger partial charge in [-0.1, -0.05) is 0 Å². The van der Waals surface area contributed by atoms with E-state index in [1.54, 1.807) is 14.2 Å². The van der Waals surface area contributed by atoms with Crippen LogP contribution in [0.2, 0.25) is 0 Å². The Kier molecular flexibility index (Phi) is 3.16. The number of thioether (sulfide) groups is 1. The number of rotatable bonds is 2. The molecule has 3 nitrogen and oxygen atoms in total.